The van der Waals surface area contributed by atoms with Crippen molar-refractivity contribution in [2.45, 2.75) is 158 Å². The zero-order chi connectivity index (χ0) is 31.9. The van der Waals surface area contributed by atoms with Gasteiger partial charge in [-0.15, -0.1) is 0 Å². The van der Waals surface area contributed by atoms with Crippen LogP contribution in [0.2, 0.25) is 0 Å². The SMILES string of the molecule is CCCCCCCCCCCC(O)C(COC1OC(CO)C(OC2OC(CO)C(O)C(O)C2O)C(O)C1O)NC(=O)CC. The highest BCUT2D eigenvalue weighted by Gasteiger charge is 2.50. The summed E-state index contributed by atoms with van der Waals surface area (Å²) in [6, 6.07) is -0.815. The van der Waals surface area contributed by atoms with Crippen LogP contribution in [0.4, 0.5) is 0 Å². The molecular weight excluding hydrogens is 570 g/mol. The molecule has 9 N–H and O–H groups in total. The van der Waals surface area contributed by atoms with Crippen LogP contribution in [0.3, 0.4) is 0 Å². The number of carbonyl (C=O) groups is 1. The molecular formula is C29H55NO13. The van der Waals surface area contributed by atoms with E-state index in [0.717, 1.165) is 25.7 Å². The summed E-state index contributed by atoms with van der Waals surface area (Å²) in [4.78, 5) is 12.1. The van der Waals surface area contributed by atoms with Crippen LogP contribution in [-0.2, 0) is 23.7 Å². The van der Waals surface area contributed by atoms with E-state index in [1.54, 1.807) is 6.92 Å². The highest BCUT2D eigenvalue weighted by atomic mass is 16.7. The molecule has 14 heteroatoms. The van der Waals surface area contributed by atoms with Crippen molar-refractivity contribution in [3.63, 3.8) is 0 Å². The van der Waals surface area contributed by atoms with Crippen LogP contribution in [-0.4, -0.2) is 140 Å². The molecule has 0 aliphatic carbocycles. The molecule has 2 fully saturated rings. The fourth-order valence-corrected chi connectivity index (χ4v) is 5.31. The van der Waals surface area contributed by atoms with Crippen molar-refractivity contribution in [3.8, 4) is 0 Å². The van der Waals surface area contributed by atoms with Crippen molar-refractivity contribution in [3.05, 3.63) is 0 Å². The van der Waals surface area contributed by atoms with Gasteiger partial charge in [0.2, 0.25) is 5.91 Å². The predicted octanol–water partition coefficient (Wildman–Crippen LogP) is -1.20. The second-order valence-electron chi connectivity index (χ2n) is 11.6. The van der Waals surface area contributed by atoms with Gasteiger partial charge in [0.25, 0.3) is 0 Å². The lowest BCUT2D eigenvalue weighted by atomic mass is 9.97. The Morgan fingerprint density at radius 3 is 1.88 bits per heavy atom. The lowest BCUT2D eigenvalue weighted by molar-refractivity contribution is -0.359. The van der Waals surface area contributed by atoms with E-state index in [1.807, 2.05) is 0 Å². The quantitative estimate of drug-likeness (QED) is 0.0726. The third kappa shape index (κ3) is 11.7. The standard InChI is InChI=1S/C29H55NO13/c1-3-5-6-7-8-9-10-11-12-13-18(33)17(30-21(34)4-2)16-40-28-26(39)24(37)27(20(15-32)42-28)43-29-25(38)23(36)22(35)19(14-31)41-29/h17-20,22-29,31-33,35-39H,3-16H2,1-2H3,(H,30,34). The zero-order valence-corrected chi connectivity index (χ0v) is 25.4. The molecule has 2 aliphatic rings. The number of nitrogens with one attached hydrogen (secondary N) is 1. The summed E-state index contributed by atoms with van der Waals surface area (Å²) in [5, 5.41) is 84.7. The molecule has 0 spiro atoms. The van der Waals surface area contributed by atoms with E-state index in [-0.39, 0.29) is 18.9 Å². The minimum absolute atomic E-state index is 0.187. The summed E-state index contributed by atoms with van der Waals surface area (Å²) in [5.41, 5.74) is 0. The third-order valence-electron chi connectivity index (χ3n) is 8.14. The van der Waals surface area contributed by atoms with Crippen molar-refractivity contribution >= 4 is 5.91 Å². The Bertz CT molecular complexity index is 760. The van der Waals surface area contributed by atoms with Crippen LogP contribution >= 0.6 is 0 Å². The fourth-order valence-electron chi connectivity index (χ4n) is 5.31. The molecule has 2 aliphatic heterocycles. The first kappa shape index (κ1) is 38.2. The Labute approximate surface area is 253 Å². The first-order valence-electron chi connectivity index (χ1n) is 15.8. The van der Waals surface area contributed by atoms with Gasteiger partial charge >= 0.3 is 0 Å². The molecule has 0 bridgehead atoms. The molecule has 254 valence electrons. The topological polar surface area (TPSA) is 228 Å². The first-order valence-corrected chi connectivity index (χ1v) is 15.8. The van der Waals surface area contributed by atoms with E-state index >= 15 is 0 Å². The molecule has 12 unspecified atom stereocenters. The highest BCUT2D eigenvalue weighted by molar-refractivity contribution is 5.75. The Morgan fingerprint density at radius 2 is 1.30 bits per heavy atom. The van der Waals surface area contributed by atoms with Gasteiger partial charge in [-0.2, -0.15) is 0 Å². The summed E-state index contributed by atoms with van der Waals surface area (Å²) in [6.45, 7) is 2.20. The number of aliphatic hydroxyl groups is 8. The maximum atomic E-state index is 12.1. The molecule has 2 rings (SSSR count). The Kier molecular flexibility index (Phi) is 17.9. The van der Waals surface area contributed by atoms with Gasteiger partial charge in [0, 0.05) is 6.42 Å². The van der Waals surface area contributed by atoms with Gasteiger partial charge in [-0.25, -0.2) is 0 Å². The molecule has 43 heavy (non-hydrogen) atoms. The second kappa shape index (κ2) is 20.2. The van der Waals surface area contributed by atoms with Gasteiger partial charge in [-0.3, -0.25) is 4.79 Å². The van der Waals surface area contributed by atoms with Crippen molar-refractivity contribution < 1.29 is 64.6 Å². The number of amides is 1. The molecule has 0 radical (unpaired) electrons. The molecule has 2 heterocycles. The van der Waals surface area contributed by atoms with Crippen molar-refractivity contribution in [1.29, 1.82) is 0 Å². The Morgan fingerprint density at radius 1 is 0.744 bits per heavy atom. The van der Waals surface area contributed by atoms with Crippen molar-refractivity contribution in [2.24, 2.45) is 0 Å². The molecule has 0 aromatic carbocycles. The summed E-state index contributed by atoms with van der Waals surface area (Å²) >= 11 is 0. The van der Waals surface area contributed by atoms with E-state index < -0.39 is 86.8 Å². The van der Waals surface area contributed by atoms with Crippen molar-refractivity contribution in [2.75, 3.05) is 19.8 Å². The monoisotopic (exact) mass is 625 g/mol. The molecule has 14 nitrogen and oxygen atoms in total. The van der Waals surface area contributed by atoms with Crippen LogP contribution < -0.4 is 5.32 Å². The minimum atomic E-state index is -1.77. The van der Waals surface area contributed by atoms with Crippen molar-refractivity contribution in [1.82, 2.24) is 5.32 Å². The second-order valence-corrected chi connectivity index (χ2v) is 11.6. The van der Waals surface area contributed by atoms with Gasteiger partial charge in [0.15, 0.2) is 12.6 Å². The Hall–Kier alpha value is -1.01. The average Bonchev–Trinajstić information content (AvgIpc) is 3.01. The average molecular weight is 626 g/mol. The summed E-state index contributed by atoms with van der Waals surface area (Å²) < 4.78 is 22.2. The third-order valence-corrected chi connectivity index (χ3v) is 8.14. The number of hydrogen-bond acceptors (Lipinski definition) is 13. The number of hydrogen-bond donors (Lipinski definition) is 9. The number of unbranched alkanes of at least 4 members (excludes halogenated alkanes) is 8. The van der Waals surface area contributed by atoms with E-state index in [9.17, 15) is 45.6 Å². The van der Waals surface area contributed by atoms with E-state index in [0.29, 0.717) is 6.42 Å². The maximum Gasteiger partial charge on any atom is 0.220 e. The highest BCUT2D eigenvalue weighted by Crippen LogP contribution is 2.29. The smallest absolute Gasteiger partial charge is 0.220 e. The zero-order valence-electron chi connectivity index (χ0n) is 25.4. The summed E-state index contributed by atoms with van der Waals surface area (Å²) in [5.74, 6) is -0.300. The number of carbonyl (C=O) groups excluding carboxylic acids is 1. The van der Waals surface area contributed by atoms with E-state index in [4.69, 9.17) is 18.9 Å². The van der Waals surface area contributed by atoms with Gasteiger partial charge in [-0.05, 0) is 6.42 Å². The molecule has 0 saturated carbocycles. The molecule has 2 saturated heterocycles. The fraction of sp³-hybridized carbons (Fsp3) is 0.966. The summed E-state index contributed by atoms with van der Waals surface area (Å²) in [6.07, 6.45) is -5.91. The van der Waals surface area contributed by atoms with Gasteiger partial charge in [-0.1, -0.05) is 71.6 Å². The maximum absolute atomic E-state index is 12.1. The van der Waals surface area contributed by atoms with Gasteiger partial charge < -0.3 is 65.1 Å². The van der Waals surface area contributed by atoms with Crippen LogP contribution in [0.5, 0.6) is 0 Å². The lowest BCUT2D eigenvalue weighted by Crippen LogP contribution is -2.65. The first-order chi connectivity index (χ1) is 20.6. The summed E-state index contributed by atoms with van der Waals surface area (Å²) in [7, 11) is 0. The van der Waals surface area contributed by atoms with E-state index in [1.165, 1.54) is 32.1 Å². The van der Waals surface area contributed by atoms with Crippen LogP contribution in [0.25, 0.3) is 0 Å². The van der Waals surface area contributed by atoms with E-state index in [2.05, 4.69) is 12.2 Å². The van der Waals surface area contributed by atoms with Crippen LogP contribution in [0, 0.1) is 0 Å². The number of rotatable bonds is 20. The number of aliphatic hydroxyl groups excluding tert-OH is 8. The molecule has 1 amide bonds. The van der Waals surface area contributed by atoms with Crippen LogP contribution in [0.15, 0.2) is 0 Å². The molecule has 0 aromatic rings. The molecule has 0 aromatic heterocycles. The molecule has 12 atom stereocenters. The lowest BCUT2D eigenvalue weighted by Gasteiger charge is -2.46. The Balaban J connectivity index is 1.92. The van der Waals surface area contributed by atoms with Crippen LogP contribution in [0.1, 0.15) is 84.5 Å². The largest absolute Gasteiger partial charge is 0.394 e. The number of ether oxygens (including phenoxy) is 4. The normalized spacial score (nSPS) is 34.6. The van der Waals surface area contributed by atoms with Gasteiger partial charge in [0.1, 0.15) is 48.8 Å². The van der Waals surface area contributed by atoms with Gasteiger partial charge in [0.05, 0.1) is 32.0 Å². The minimum Gasteiger partial charge on any atom is -0.394 e. The predicted molar refractivity (Wildman–Crippen MR) is 152 cm³/mol.